The molecule has 170 valence electrons. The van der Waals surface area contributed by atoms with Gasteiger partial charge in [-0.2, -0.15) is 4.39 Å². The molecule has 2 amide bonds. The van der Waals surface area contributed by atoms with Gasteiger partial charge in [0.15, 0.2) is 0 Å². The zero-order chi connectivity index (χ0) is 22.7. The molecule has 2 N–H and O–H groups in total. The van der Waals surface area contributed by atoms with Crippen LogP contribution >= 0.6 is 0 Å². The van der Waals surface area contributed by atoms with Crippen molar-refractivity contribution in [3.05, 3.63) is 58.9 Å². The summed E-state index contributed by atoms with van der Waals surface area (Å²) in [6.07, 6.45) is 4.60. The van der Waals surface area contributed by atoms with E-state index in [0.717, 1.165) is 31.0 Å². The Bertz CT molecular complexity index is 1010. The van der Waals surface area contributed by atoms with E-state index in [1.807, 2.05) is 17.9 Å². The minimum Gasteiger partial charge on any atom is -0.392 e. The predicted octanol–water partition coefficient (Wildman–Crippen LogP) is 1.86. The SMILES string of the molecule is Cc1ccc(C(=O)N2CC3(CCOCC3)CC2CNC(=O)c2cncc(F)n2)cc1CO. The van der Waals surface area contributed by atoms with Crippen molar-refractivity contribution in [3.8, 4) is 0 Å². The summed E-state index contributed by atoms with van der Waals surface area (Å²) in [4.78, 5) is 35.0. The molecule has 2 saturated heterocycles. The molecule has 3 heterocycles. The summed E-state index contributed by atoms with van der Waals surface area (Å²) >= 11 is 0. The maximum absolute atomic E-state index is 13.5. The number of nitrogens with one attached hydrogen (secondary N) is 1. The first-order valence-electron chi connectivity index (χ1n) is 10.8. The van der Waals surface area contributed by atoms with Crippen molar-refractivity contribution < 1.29 is 23.8 Å². The number of amides is 2. The van der Waals surface area contributed by atoms with Crippen LogP contribution in [-0.2, 0) is 11.3 Å². The van der Waals surface area contributed by atoms with E-state index in [9.17, 15) is 19.1 Å². The number of likely N-dealkylation sites (tertiary alicyclic amines) is 1. The van der Waals surface area contributed by atoms with E-state index in [4.69, 9.17) is 4.74 Å². The largest absolute Gasteiger partial charge is 0.392 e. The third-order valence-electron chi connectivity index (χ3n) is 6.53. The fourth-order valence-electron chi connectivity index (χ4n) is 4.64. The van der Waals surface area contributed by atoms with Gasteiger partial charge >= 0.3 is 0 Å². The highest BCUT2D eigenvalue weighted by Crippen LogP contribution is 2.43. The highest BCUT2D eigenvalue weighted by atomic mass is 19.1. The van der Waals surface area contributed by atoms with Crippen LogP contribution in [0.1, 0.15) is 51.2 Å². The smallest absolute Gasteiger partial charge is 0.271 e. The van der Waals surface area contributed by atoms with E-state index >= 15 is 0 Å². The summed E-state index contributed by atoms with van der Waals surface area (Å²) < 4.78 is 18.8. The maximum Gasteiger partial charge on any atom is 0.271 e. The molecule has 2 fully saturated rings. The standard InChI is InChI=1S/C23H27FN4O4/c1-15-2-3-16(8-17(15)13-29)22(31)28-14-23(4-6-32-7-5-23)9-18(28)10-26-21(30)19-11-25-12-20(24)27-19/h2-3,8,11-12,18,29H,4-7,9-10,13-14H2,1H3,(H,26,30). The minimum atomic E-state index is -0.824. The zero-order valence-corrected chi connectivity index (χ0v) is 18.0. The van der Waals surface area contributed by atoms with Crippen LogP contribution in [0.5, 0.6) is 0 Å². The number of rotatable bonds is 5. The second-order valence-electron chi connectivity index (χ2n) is 8.64. The van der Waals surface area contributed by atoms with Gasteiger partial charge in [-0.3, -0.25) is 14.6 Å². The Hall–Kier alpha value is -2.91. The fourth-order valence-corrected chi connectivity index (χ4v) is 4.64. The minimum absolute atomic E-state index is 0.0491. The number of benzene rings is 1. The van der Waals surface area contributed by atoms with E-state index in [-0.39, 0.29) is 36.2 Å². The molecule has 2 aromatic rings. The topological polar surface area (TPSA) is 105 Å². The summed E-state index contributed by atoms with van der Waals surface area (Å²) in [6, 6.07) is 5.11. The van der Waals surface area contributed by atoms with Gasteiger partial charge in [0.05, 0.1) is 19.0 Å². The summed E-state index contributed by atoms with van der Waals surface area (Å²) in [5.74, 6) is -1.49. The number of halogens is 1. The molecule has 0 radical (unpaired) electrons. The first-order valence-corrected chi connectivity index (χ1v) is 10.8. The average Bonchev–Trinajstić information content (AvgIpc) is 3.15. The van der Waals surface area contributed by atoms with Gasteiger partial charge in [-0.25, -0.2) is 4.98 Å². The van der Waals surface area contributed by atoms with Gasteiger partial charge < -0.3 is 20.1 Å². The lowest BCUT2D eigenvalue weighted by Crippen LogP contribution is -2.43. The van der Waals surface area contributed by atoms with Crippen LogP contribution in [0.2, 0.25) is 0 Å². The molecule has 1 spiro atoms. The number of hydrogen-bond donors (Lipinski definition) is 2. The number of aromatic nitrogens is 2. The monoisotopic (exact) mass is 442 g/mol. The van der Waals surface area contributed by atoms with Crippen LogP contribution < -0.4 is 5.32 Å². The molecule has 2 aliphatic rings. The van der Waals surface area contributed by atoms with Crippen molar-refractivity contribution in [2.24, 2.45) is 5.41 Å². The lowest BCUT2D eigenvalue weighted by atomic mass is 9.78. The number of ether oxygens (including phenoxy) is 1. The highest BCUT2D eigenvalue weighted by molar-refractivity contribution is 5.95. The number of aryl methyl sites for hydroxylation is 1. The summed E-state index contributed by atoms with van der Waals surface area (Å²) in [7, 11) is 0. The number of nitrogens with zero attached hydrogens (tertiary/aromatic N) is 3. The van der Waals surface area contributed by atoms with Gasteiger partial charge in [0.25, 0.3) is 11.8 Å². The lowest BCUT2D eigenvalue weighted by molar-refractivity contribution is 0.0190. The molecule has 0 bridgehead atoms. The number of carbonyl (C=O) groups excluding carboxylic acids is 2. The fraction of sp³-hybridized carbons (Fsp3) is 0.478. The van der Waals surface area contributed by atoms with Gasteiger partial charge in [-0.1, -0.05) is 6.07 Å². The van der Waals surface area contributed by atoms with E-state index in [0.29, 0.717) is 30.9 Å². The molecule has 1 aromatic carbocycles. The highest BCUT2D eigenvalue weighted by Gasteiger charge is 2.46. The van der Waals surface area contributed by atoms with Crippen molar-refractivity contribution in [2.75, 3.05) is 26.3 Å². The van der Waals surface area contributed by atoms with E-state index in [1.54, 1.807) is 12.1 Å². The molecule has 0 aliphatic carbocycles. The van der Waals surface area contributed by atoms with E-state index in [1.165, 1.54) is 6.20 Å². The van der Waals surface area contributed by atoms with Crippen LogP contribution in [0.15, 0.2) is 30.6 Å². The molecule has 0 saturated carbocycles. The molecular weight excluding hydrogens is 415 g/mol. The third-order valence-corrected chi connectivity index (χ3v) is 6.53. The van der Waals surface area contributed by atoms with Crippen molar-refractivity contribution in [2.45, 2.75) is 38.8 Å². The van der Waals surface area contributed by atoms with Gasteiger partial charge in [0.1, 0.15) is 5.69 Å². The lowest BCUT2D eigenvalue weighted by Gasteiger charge is -2.33. The summed E-state index contributed by atoms with van der Waals surface area (Å²) in [5.41, 5.74) is 1.99. The Morgan fingerprint density at radius 3 is 2.81 bits per heavy atom. The zero-order valence-electron chi connectivity index (χ0n) is 18.0. The first-order chi connectivity index (χ1) is 15.4. The Labute approximate surface area is 185 Å². The Kier molecular flexibility index (Phi) is 6.48. The normalized spacial score (nSPS) is 19.8. The molecule has 9 heteroatoms. The summed E-state index contributed by atoms with van der Waals surface area (Å²) in [6.45, 7) is 3.86. The van der Waals surface area contributed by atoms with Gasteiger partial charge in [0, 0.05) is 37.9 Å². The maximum atomic E-state index is 13.5. The molecule has 1 atom stereocenters. The van der Waals surface area contributed by atoms with Crippen molar-refractivity contribution in [3.63, 3.8) is 0 Å². The van der Waals surface area contributed by atoms with Crippen molar-refractivity contribution in [1.82, 2.24) is 20.2 Å². The molecule has 4 rings (SSSR count). The number of aliphatic hydroxyl groups excluding tert-OH is 1. The summed E-state index contributed by atoms with van der Waals surface area (Å²) in [5, 5.41) is 12.4. The molecule has 8 nitrogen and oxygen atoms in total. The first kappa shape index (κ1) is 22.3. The van der Waals surface area contributed by atoms with E-state index in [2.05, 4.69) is 15.3 Å². The molecule has 1 unspecified atom stereocenters. The van der Waals surface area contributed by atoms with Crippen LogP contribution in [0, 0.1) is 18.3 Å². The Morgan fingerprint density at radius 1 is 1.31 bits per heavy atom. The quantitative estimate of drug-likeness (QED) is 0.733. The van der Waals surface area contributed by atoms with Gasteiger partial charge in [-0.15, -0.1) is 0 Å². The van der Waals surface area contributed by atoms with Crippen molar-refractivity contribution in [1.29, 1.82) is 0 Å². The second kappa shape index (κ2) is 9.30. The Morgan fingerprint density at radius 2 is 2.09 bits per heavy atom. The predicted molar refractivity (Wildman–Crippen MR) is 113 cm³/mol. The molecular formula is C23H27FN4O4. The van der Waals surface area contributed by atoms with Crippen LogP contribution in [-0.4, -0.2) is 64.1 Å². The second-order valence-corrected chi connectivity index (χ2v) is 8.64. The third kappa shape index (κ3) is 4.63. The average molecular weight is 442 g/mol. The Balaban J connectivity index is 1.54. The van der Waals surface area contributed by atoms with Gasteiger partial charge in [0.2, 0.25) is 5.95 Å². The van der Waals surface area contributed by atoms with Crippen LogP contribution in [0.4, 0.5) is 4.39 Å². The molecule has 32 heavy (non-hydrogen) atoms. The van der Waals surface area contributed by atoms with Crippen LogP contribution in [0.3, 0.4) is 0 Å². The van der Waals surface area contributed by atoms with Crippen LogP contribution in [0.25, 0.3) is 0 Å². The number of hydrogen-bond acceptors (Lipinski definition) is 6. The van der Waals surface area contributed by atoms with Crippen molar-refractivity contribution >= 4 is 11.8 Å². The molecule has 1 aromatic heterocycles. The molecule has 2 aliphatic heterocycles. The van der Waals surface area contributed by atoms with Gasteiger partial charge in [-0.05, 0) is 54.9 Å². The number of carbonyl (C=O) groups is 2. The number of aliphatic hydroxyl groups is 1. The van der Waals surface area contributed by atoms with E-state index < -0.39 is 11.9 Å².